The van der Waals surface area contributed by atoms with Gasteiger partial charge >= 0.3 is 0 Å². The number of nitrogens with zero attached hydrogens (tertiary/aromatic N) is 4. The maximum absolute atomic E-state index is 13.0. The third kappa shape index (κ3) is 3.49. The zero-order valence-corrected chi connectivity index (χ0v) is 14.0. The number of hydrogen-bond donors (Lipinski definition) is 0. The Hall–Kier alpha value is -1.79. The minimum absolute atomic E-state index is 0.165. The summed E-state index contributed by atoms with van der Waals surface area (Å²) in [5, 5.41) is 4.12. The average Bonchev–Trinajstić information content (AvgIpc) is 3.34. The number of benzene rings is 1. The van der Waals surface area contributed by atoms with Crippen molar-refractivity contribution in [3.8, 4) is 0 Å². The molecule has 24 heavy (non-hydrogen) atoms. The molecule has 128 valence electrons. The Morgan fingerprint density at radius 2 is 1.88 bits per heavy atom. The van der Waals surface area contributed by atoms with Crippen LogP contribution in [-0.2, 0) is 6.54 Å². The maximum Gasteiger partial charge on any atom is 0.243 e. The van der Waals surface area contributed by atoms with Crippen molar-refractivity contribution in [1.29, 1.82) is 0 Å². The van der Waals surface area contributed by atoms with E-state index in [4.69, 9.17) is 4.52 Å². The van der Waals surface area contributed by atoms with Crippen molar-refractivity contribution in [2.45, 2.75) is 38.3 Å². The smallest absolute Gasteiger partial charge is 0.243 e. The fraction of sp³-hybridized carbons (Fsp3) is 0.556. The first kappa shape index (κ1) is 15.7. The van der Waals surface area contributed by atoms with E-state index < -0.39 is 0 Å². The molecule has 0 radical (unpaired) electrons. The molecule has 1 aliphatic carbocycles. The van der Waals surface area contributed by atoms with Crippen LogP contribution in [0.2, 0.25) is 0 Å². The van der Waals surface area contributed by atoms with Gasteiger partial charge in [0.25, 0.3) is 0 Å². The van der Waals surface area contributed by atoms with Gasteiger partial charge in [-0.2, -0.15) is 4.98 Å². The van der Waals surface area contributed by atoms with E-state index in [9.17, 15) is 4.39 Å². The quantitative estimate of drug-likeness (QED) is 0.843. The van der Waals surface area contributed by atoms with Gasteiger partial charge in [-0.3, -0.25) is 9.80 Å². The van der Waals surface area contributed by atoms with Gasteiger partial charge in [0.2, 0.25) is 5.89 Å². The molecule has 1 atom stereocenters. The fourth-order valence-electron chi connectivity index (χ4n) is 3.24. The molecule has 1 aromatic carbocycles. The molecule has 2 aliphatic rings. The Balaban J connectivity index is 1.30. The summed E-state index contributed by atoms with van der Waals surface area (Å²) in [7, 11) is 0. The third-order valence-electron chi connectivity index (χ3n) is 5.03. The monoisotopic (exact) mass is 330 g/mol. The van der Waals surface area contributed by atoms with Crippen LogP contribution in [-0.4, -0.2) is 46.1 Å². The van der Waals surface area contributed by atoms with E-state index in [2.05, 4.69) is 26.9 Å². The molecule has 0 bridgehead atoms. The summed E-state index contributed by atoms with van der Waals surface area (Å²) < 4.78 is 18.4. The summed E-state index contributed by atoms with van der Waals surface area (Å²) in [6.07, 6.45) is 2.38. The minimum Gasteiger partial charge on any atom is -0.338 e. The van der Waals surface area contributed by atoms with E-state index in [1.54, 1.807) is 0 Å². The molecule has 1 unspecified atom stereocenters. The summed E-state index contributed by atoms with van der Waals surface area (Å²) in [5.41, 5.74) is 1.16. The number of piperazine rings is 1. The van der Waals surface area contributed by atoms with Crippen molar-refractivity contribution >= 4 is 0 Å². The molecule has 1 aromatic heterocycles. The van der Waals surface area contributed by atoms with Crippen molar-refractivity contribution < 1.29 is 8.91 Å². The molecular formula is C18H23FN4O. The first-order chi connectivity index (χ1) is 11.7. The van der Waals surface area contributed by atoms with Crippen molar-refractivity contribution in [2.24, 2.45) is 0 Å². The standard InChI is InChI=1S/C18H23FN4O/c1-13(18-20-17(21-24-18)15-4-5-15)23-10-8-22(9-11-23)12-14-2-6-16(19)7-3-14/h2-3,6-7,13,15H,4-5,8-12H2,1H3. The van der Waals surface area contributed by atoms with E-state index in [1.807, 2.05) is 12.1 Å². The van der Waals surface area contributed by atoms with Gasteiger partial charge in [-0.25, -0.2) is 4.39 Å². The van der Waals surface area contributed by atoms with E-state index >= 15 is 0 Å². The number of aromatic nitrogens is 2. The van der Waals surface area contributed by atoms with E-state index in [0.717, 1.165) is 50.0 Å². The molecule has 1 aliphatic heterocycles. The second-order valence-corrected chi connectivity index (χ2v) is 6.88. The van der Waals surface area contributed by atoms with Gasteiger partial charge < -0.3 is 4.52 Å². The Morgan fingerprint density at radius 3 is 2.54 bits per heavy atom. The second kappa shape index (κ2) is 6.61. The molecule has 0 N–H and O–H groups in total. The first-order valence-corrected chi connectivity index (χ1v) is 8.73. The lowest BCUT2D eigenvalue weighted by Gasteiger charge is -2.36. The highest BCUT2D eigenvalue weighted by Gasteiger charge is 2.31. The predicted molar refractivity (Wildman–Crippen MR) is 87.9 cm³/mol. The topological polar surface area (TPSA) is 45.4 Å². The van der Waals surface area contributed by atoms with Crippen LogP contribution in [0.4, 0.5) is 4.39 Å². The van der Waals surface area contributed by atoms with Crippen molar-refractivity contribution in [1.82, 2.24) is 19.9 Å². The van der Waals surface area contributed by atoms with Gasteiger partial charge in [0.1, 0.15) is 5.82 Å². The van der Waals surface area contributed by atoms with E-state index in [0.29, 0.717) is 5.92 Å². The highest BCUT2D eigenvalue weighted by Crippen LogP contribution is 2.38. The molecule has 0 amide bonds. The number of halogens is 1. The Kier molecular flexibility index (Phi) is 4.33. The summed E-state index contributed by atoms with van der Waals surface area (Å²) in [5.74, 6) is 1.97. The summed E-state index contributed by atoms with van der Waals surface area (Å²) in [4.78, 5) is 9.37. The predicted octanol–water partition coefficient (Wildman–Crippen LogP) is 2.96. The van der Waals surface area contributed by atoms with Gasteiger partial charge in [0, 0.05) is 38.6 Å². The summed E-state index contributed by atoms with van der Waals surface area (Å²) >= 11 is 0. The van der Waals surface area contributed by atoms with Crippen molar-refractivity contribution in [3.05, 3.63) is 47.4 Å². The normalized spacial score (nSPS) is 21.1. The second-order valence-electron chi connectivity index (χ2n) is 6.88. The van der Waals surface area contributed by atoms with Crippen LogP contribution in [0.5, 0.6) is 0 Å². The molecular weight excluding hydrogens is 307 g/mol. The molecule has 2 heterocycles. The van der Waals surface area contributed by atoms with Crippen LogP contribution in [0.1, 0.15) is 49.0 Å². The lowest BCUT2D eigenvalue weighted by molar-refractivity contribution is 0.0845. The van der Waals surface area contributed by atoms with Gasteiger partial charge in [-0.15, -0.1) is 0 Å². The molecule has 5 nitrogen and oxygen atoms in total. The van der Waals surface area contributed by atoms with Crippen LogP contribution in [0.15, 0.2) is 28.8 Å². The Morgan fingerprint density at radius 1 is 1.17 bits per heavy atom. The first-order valence-electron chi connectivity index (χ1n) is 8.73. The zero-order chi connectivity index (χ0) is 16.5. The van der Waals surface area contributed by atoms with Crippen LogP contribution in [0.25, 0.3) is 0 Å². The Bertz CT molecular complexity index is 675. The van der Waals surface area contributed by atoms with Crippen molar-refractivity contribution in [3.63, 3.8) is 0 Å². The van der Waals surface area contributed by atoms with Crippen LogP contribution >= 0.6 is 0 Å². The molecule has 2 aromatic rings. The van der Waals surface area contributed by atoms with Crippen molar-refractivity contribution in [2.75, 3.05) is 26.2 Å². The Labute approximate surface area is 141 Å². The molecule has 1 saturated heterocycles. The van der Waals surface area contributed by atoms with Gasteiger partial charge in [0.05, 0.1) is 6.04 Å². The van der Waals surface area contributed by atoms with Gasteiger partial charge in [-0.05, 0) is 37.5 Å². The maximum atomic E-state index is 13.0. The van der Waals surface area contributed by atoms with Crippen LogP contribution < -0.4 is 0 Å². The highest BCUT2D eigenvalue weighted by molar-refractivity contribution is 5.16. The lowest BCUT2D eigenvalue weighted by Crippen LogP contribution is -2.46. The largest absolute Gasteiger partial charge is 0.338 e. The van der Waals surface area contributed by atoms with E-state index in [1.165, 1.54) is 25.0 Å². The van der Waals surface area contributed by atoms with Gasteiger partial charge in [0.15, 0.2) is 5.82 Å². The van der Waals surface area contributed by atoms with Crippen LogP contribution in [0.3, 0.4) is 0 Å². The molecule has 4 rings (SSSR count). The molecule has 0 spiro atoms. The average molecular weight is 330 g/mol. The van der Waals surface area contributed by atoms with Crippen LogP contribution in [0, 0.1) is 5.82 Å². The lowest BCUT2D eigenvalue weighted by atomic mass is 10.1. The summed E-state index contributed by atoms with van der Waals surface area (Å²) in [6.45, 7) is 6.94. The number of rotatable bonds is 5. The van der Waals surface area contributed by atoms with E-state index in [-0.39, 0.29) is 11.9 Å². The third-order valence-corrected chi connectivity index (χ3v) is 5.03. The molecule has 2 fully saturated rings. The molecule has 1 saturated carbocycles. The SMILES string of the molecule is CC(c1nc(C2CC2)no1)N1CCN(Cc2ccc(F)cc2)CC1. The number of hydrogen-bond acceptors (Lipinski definition) is 5. The highest BCUT2D eigenvalue weighted by atomic mass is 19.1. The fourth-order valence-corrected chi connectivity index (χ4v) is 3.24. The summed E-state index contributed by atoms with van der Waals surface area (Å²) in [6, 6.07) is 6.95. The zero-order valence-electron chi connectivity index (χ0n) is 14.0. The molecule has 6 heteroatoms. The minimum atomic E-state index is -0.178. The van der Waals surface area contributed by atoms with Gasteiger partial charge in [-0.1, -0.05) is 17.3 Å².